The molecule has 2 aromatic carbocycles. The first kappa shape index (κ1) is 54.7. The lowest BCUT2D eigenvalue weighted by molar-refractivity contribution is -0.148. The molecule has 10 atom stereocenters. The molecule has 388 valence electrons. The fourth-order valence-electron chi connectivity index (χ4n) is 10.9. The third kappa shape index (κ3) is 12.7. The van der Waals surface area contributed by atoms with Gasteiger partial charge in [0.25, 0.3) is 5.19 Å². The number of hydrogen-bond donors (Lipinski definition) is 3. The Bertz CT molecular complexity index is 2600. The number of carboxylic acid groups (broad SMARTS) is 2. The molecule has 2 amide bonds. The van der Waals surface area contributed by atoms with Crippen LogP contribution in [0.2, 0.25) is 4.47 Å². The van der Waals surface area contributed by atoms with Crippen LogP contribution in [-0.2, 0) is 28.8 Å². The molecule has 4 aromatic rings. The number of carboxylic acids is 2. The van der Waals surface area contributed by atoms with E-state index < -0.39 is 41.0 Å². The zero-order valence-electron chi connectivity index (χ0n) is 40.5. The predicted octanol–water partition coefficient (Wildman–Crippen LogP) is 10.6. The third-order valence-electron chi connectivity index (χ3n) is 15.4. The van der Waals surface area contributed by atoms with Crippen molar-refractivity contribution in [1.29, 1.82) is 0 Å². The van der Waals surface area contributed by atoms with E-state index in [4.69, 9.17) is 16.3 Å². The van der Waals surface area contributed by atoms with Gasteiger partial charge < -0.3 is 29.9 Å². The number of para-hydroxylation sites is 2. The van der Waals surface area contributed by atoms with Crippen LogP contribution in [0.1, 0.15) is 124 Å². The Morgan fingerprint density at radius 3 is 1.68 bits per heavy atom. The fourth-order valence-corrected chi connectivity index (χ4v) is 12.8. The third-order valence-corrected chi connectivity index (χ3v) is 17.4. The van der Waals surface area contributed by atoms with Gasteiger partial charge in [0.2, 0.25) is 11.8 Å². The van der Waals surface area contributed by atoms with Crippen molar-refractivity contribution in [2.75, 3.05) is 13.1 Å². The van der Waals surface area contributed by atoms with Gasteiger partial charge in [-0.15, -0.1) is 11.3 Å². The monoisotopic (exact) mass is 1040 g/mol. The number of allylic oxidation sites excluding steroid dienone is 4. The van der Waals surface area contributed by atoms with Gasteiger partial charge in [-0.05, 0) is 87.5 Å². The molecule has 6 aliphatic rings. The number of carbonyl (C=O) groups is 6. The van der Waals surface area contributed by atoms with Gasteiger partial charge in [-0.1, -0.05) is 118 Å². The molecule has 0 radical (unpaired) electrons. The van der Waals surface area contributed by atoms with Crippen LogP contribution in [0.15, 0.2) is 72.8 Å². The number of halogens is 1. The lowest BCUT2D eigenvalue weighted by atomic mass is 9.91. The molecule has 10 rings (SSSR count). The topological polar surface area (TPSA) is 205 Å². The number of ether oxygens (including phenoxy) is 1. The number of amides is 2. The number of hydrogen-bond acceptors (Lipinski definition) is 12. The molecule has 14 nitrogen and oxygen atoms in total. The van der Waals surface area contributed by atoms with Gasteiger partial charge in [-0.3, -0.25) is 28.8 Å². The maximum Gasteiger partial charge on any atom is 0.310 e. The number of rotatable bonds is 4. The highest BCUT2D eigenvalue weighted by molar-refractivity contribution is 7.22. The molecule has 2 saturated heterocycles. The molecule has 2 aromatic heterocycles. The van der Waals surface area contributed by atoms with Crippen molar-refractivity contribution in [3.63, 3.8) is 0 Å². The van der Waals surface area contributed by atoms with E-state index in [-0.39, 0.29) is 86.4 Å². The van der Waals surface area contributed by atoms with Gasteiger partial charge in [-0.2, -0.15) is 0 Å². The summed E-state index contributed by atoms with van der Waals surface area (Å²) in [5.41, 5.74) is -0.225. The highest BCUT2D eigenvalue weighted by Crippen LogP contribution is 2.58. The molecule has 4 aliphatic heterocycles. The Morgan fingerprint density at radius 2 is 1.17 bits per heavy atom. The first-order chi connectivity index (χ1) is 34.1. The number of Topliss-reactive ketones (excluding diaryl/α,β-unsaturated/α-hetero) is 2. The normalized spacial score (nSPS) is 31.9. The number of carbonyl (C=O) groups excluding carboxylic acids is 4. The van der Waals surface area contributed by atoms with Crippen LogP contribution in [0.5, 0.6) is 5.19 Å². The minimum absolute atomic E-state index is 0. The SMILES string of the molecule is C.C[C@H]1CCCCC/C=C\[C@@H]2C[C@@]2(C(=O)O)CC(=O)[C@@H]2C[C@@H](O)CN2C1=O.C[C@H]1CCCCC/C=C\[C@@H]2C[C@@]2(C(=O)O)CC(=O)[C@@H]2C[C@@H](Oc3nc4ccccc4s3)CN2C1=O.Clc1nc2ccccc2s1. The zero-order valence-corrected chi connectivity index (χ0v) is 42.8. The average Bonchev–Trinajstić information content (AvgIpc) is 3.82. The number of aromatic nitrogens is 2. The molecule has 2 saturated carbocycles. The number of thiazole rings is 2. The summed E-state index contributed by atoms with van der Waals surface area (Å²) < 4.78 is 8.96. The quantitative estimate of drug-likeness (QED) is 0.163. The summed E-state index contributed by atoms with van der Waals surface area (Å²) >= 11 is 8.65. The molecular formula is C55H69ClN4O10S2. The van der Waals surface area contributed by atoms with E-state index >= 15 is 0 Å². The second kappa shape index (κ2) is 23.9. The van der Waals surface area contributed by atoms with Crippen LogP contribution < -0.4 is 4.74 Å². The number of aliphatic hydroxyl groups excluding tert-OH is 1. The van der Waals surface area contributed by atoms with Crippen LogP contribution >= 0.6 is 34.3 Å². The molecule has 0 bridgehead atoms. The molecule has 72 heavy (non-hydrogen) atoms. The number of aliphatic carboxylic acids is 2. The Balaban J connectivity index is 0.000000179. The second-order valence-electron chi connectivity index (χ2n) is 20.5. The Labute approximate surface area is 434 Å². The first-order valence-electron chi connectivity index (χ1n) is 25.3. The van der Waals surface area contributed by atoms with Gasteiger partial charge >= 0.3 is 11.9 Å². The maximum absolute atomic E-state index is 13.5. The van der Waals surface area contributed by atoms with Crippen molar-refractivity contribution in [2.24, 2.45) is 34.5 Å². The van der Waals surface area contributed by atoms with E-state index in [1.54, 1.807) is 4.90 Å². The van der Waals surface area contributed by atoms with Crippen LogP contribution in [0.25, 0.3) is 20.4 Å². The summed E-state index contributed by atoms with van der Waals surface area (Å²) in [6.07, 6.45) is 17.8. The molecule has 0 spiro atoms. The van der Waals surface area contributed by atoms with Gasteiger partial charge in [0.05, 0.1) is 56.0 Å². The van der Waals surface area contributed by atoms with Crippen molar-refractivity contribution < 1.29 is 48.8 Å². The smallest absolute Gasteiger partial charge is 0.310 e. The van der Waals surface area contributed by atoms with E-state index in [9.17, 15) is 44.1 Å². The van der Waals surface area contributed by atoms with Gasteiger partial charge in [0.1, 0.15) is 6.10 Å². The van der Waals surface area contributed by atoms with Crippen LogP contribution in [0, 0.1) is 34.5 Å². The van der Waals surface area contributed by atoms with E-state index in [1.165, 1.54) is 27.6 Å². The fraction of sp³-hybridized carbons (Fsp3) is 0.564. The summed E-state index contributed by atoms with van der Waals surface area (Å²) in [5, 5.41) is 30.2. The second-order valence-corrected chi connectivity index (χ2v) is 23.1. The average molecular weight is 1050 g/mol. The summed E-state index contributed by atoms with van der Waals surface area (Å²) in [6, 6.07) is 14.4. The minimum Gasteiger partial charge on any atom is -0.481 e. The number of ketones is 2. The molecule has 2 aliphatic carbocycles. The summed E-state index contributed by atoms with van der Waals surface area (Å²) in [6.45, 7) is 4.30. The highest BCUT2D eigenvalue weighted by Gasteiger charge is 2.62. The van der Waals surface area contributed by atoms with Crippen LogP contribution in [-0.4, -0.2) is 108 Å². The number of aliphatic hydroxyl groups is 1. The Morgan fingerprint density at radius 1 is 0.681 bits per heavy atom. The predicted molar refractivity (Wildman–Crippen MR) is 280 cm³/mol. The molecule has 3 N–H and O–H groups in total. The van der Waals surface area contributed by atoms with Crippen molar-refractivity contribution in [1.82, 2.24) is 19.8 Å². The van der Waals surface area contributed by atoms with E-state index in [0.29, 0.717) is 35.5 Å². The van der Waals surface area contributed by atoms with Crippen LogP contribution in [0.3, 0.4) is 0 Å². The number of nitrogens with zero attached hydrogens (tertiary/aromatic N) is 4. The van der Waals surface area contributed by atoms with E-state index in [2.05, 4.69) is 16.0 Å². The number of fused-ring (bicyclic) bond motifs is 6. The van der Waals surface area contributed by atoms with Gasteiger partial charge in [0, 0.05) is 44.1 Å². The molecular weight excluding hydrogens is 976 g/mol. The maximum atomic E-state index is 13.5. The zero-order chi connectivity index (χ0) is 50.5. The first-order valence-corrected chi connectivity index (χ1v) is 27.3. The summed E-state index contributed by atoms with van der Waals surface area (Å²) in [4.78, 5) is 88.4. The standard InChI is InChI=1S/C27H32N2O5S.C20H29NO5.C7H4ClNS.CH4/c1-17-9-5-3-2-4-6-10-18-14-27(18,25(32)33)15-22(30)21-13-19(16-29(21)24(17)31)34-26-28-20-11-7-8-12-23(20)35-26;1-13-7-5-3-2-4-6-8-14-10-20(14,19(25)26)11-17(23)16-9-15(22)12-21(16)18(13)24;8-7-9-5-3-1-2-4-6(5)10-7;/h6-8,10-12,17-19,21H,2-5,9,13-16H2,1H3,(H,32,33);6,8,13-16,22H,2-5,7,9-12H2,1H3,(H,25,26);1-4H;1H4/b10-6-;8-6-;;/t17-,18+,19+,21-,27+;13-,14+,15+,16-,20+;;/m00../s1. The van der Waals surface area contributed by atoms with Crippen molar-refractivity contribution in [2.45, 2.75) is 148 Å². The minimum atomic E-state index is -1.04. The van der Waals surface area contributed by atoms with Gasteiger partial charge in [0.15, 0.2) is 16.0 Å². The Kier molecular flexibility index (Phi) is 18.2. The Hall–Kier alpha value is -5.03. The van der Waals surface area contributed by atoms with Crippen molar-refractivity contribution in [3.05, 3.63) is 77.3 Å². The largest absolute Gasteiger partial charge is 0.481 e. The van der Waals surface area contributed by atoms with E-state index in [1.807, 2.05) is 80.6 Å². The molecule has 4 fully saturated rings. The van der Waals surface area contributed by atoms with Gasteiger partial charge in [-0.25, -0.2) is 9.97 Å². The summed E-state index contributed by atoms with van der Waals surface area (Å²) in [5.74, 6) is -2.98. The van der Waals surface area contributed by atoms with Crippen molar-refractivity contribution >= 4 is 90.0 Å². The van der Waals surface area contributed by atoms with Crippen LogP contribution in [0.4, 0.5) is 0 Å². The molecule has 17 heteroatoms. The lowest BCUT2D eigenvalue weighted by Gasteiger charge is -2.27. The van der Waals surface area contributed by atoms with E-state index in [0.717, 1.165) is 84.6 Å². The summed E-state index contributed by atoms with van der Waals surface area (Å²) in [7, 11) is 0. The molecule has 0 unspecified atom stereocenters. The number of benzene rings is 2. The molecule has 6 heterocycles. The lowest BCUT2D eigenvalue weighted by Crippen LogP contribution is -2.44. The highest BCUT2D eigenvalue weighted by atomic mass is 35.5. The van der Waals surface area contributed by atoms with Crippen molar-refractivity contribution in [3.8, 4) is 5.19 Å².